The van der Waals surface area contributed by atoms with Crippen molar-refractivity contribution in [2.24, 2.45) is 0 Å². The van der Waals surface area contributed by atoms with Gasteiger partial charge in [-0.3, -0.25) is 0 Å². The van der Waals surface area contributed by atoms with Gasteiger partial charge in [-0.2, -0.15) is 13.2 Å². The molecule has 1 aromatic heterocycles. The predicted octanol–water partition coefficient (Wildman–Crippen LogP) is 6.17. The van der Waals surface area contributed by atoms with Gasteiger partial charge in [-0.05, 0) is 35.9 Å². The summed E-state index contributed by atoms with van der Waals surface area (Å²) in [6, 6.07) is 6.00. The molecule has 0 bridgehead atoms. The SMILES string of the molecule is [B]CCC(CCCC)c1cc2ccc(C(F)(F)F)cc2s1. The van der Waals surface area contributed by atoms with Gasteiger partial charge in [0.15, 0.2) is 0 Å². The molecule has 2 rings (SSSR count). The van der Waals surface area contributed by atoms with Crippen molar-refractivity contribution in [3.8, 4) is 0 Å². The summed E-state index contributed by atoms with van der Waals surface area (Å²) in [6.07, 6.45) is 0.496. The molecule has 1 aromatic carbocycles. The van der Waals surface area contributed by atoms with Crippen molar-refractivity contribution in [1.29, 1.82) is 0 Å². The van der Waals surface area contributed by atoms with Crippen LogP contribution in [0.4, 0.5) is 13.2 Å². The minimum atomic E-state index is -4.28. The molecule has 5 heteroatoms. The minimum absolute atomic E-state index is 0.363. The first-order valence-electron chi connectivity index (χ1n) is 7.26. The number of benzene rings is 1. The molecule has 0 N–H and O–H groups in total. The highest BCUT2D eigenvalue weighted by Gasteiger charge is 2.30. The van der Waals surface area contributed by atoms with E-state index in [1.54, 1.807) is 6.07 Å². The molecule has 1 unspecified atom stereocenters. The fraction of sp³-hybridized carbons (Fsp3) is 0.500. The maximum absolute atomic E-state index is 12.8. The van der Waals surface area contributed by atoms with Crippen LogP contribution in [0, 0.1) is 0 Å². The van der Waals surface area contributed by atoms with Gasteiger partial charge in [0.25, 0.3) is 0 Å². The van der Waals surface area contributed by atoms with Gasteiger partial charge in [0.2, 0.25) is 0 Å². The first kappa shape index (κ1) is 16.4. The van der Waals surface area contributed by atoms with Gasteiger partial charge in [0.05, 0.1) is 13.4 Å². The summed E-state index contributed by atoms with van der Waals surface area (Å²) in [5, 5.41) is 0.890. The highest BCUT2D eigenvalue weighted by molar-refractivity contribution is 7.19. The fourth-order valence-corrected chi connectivity index (χ4v) is 3.78. The van der Waals surface area contributed by atoms with E-state index in [1.165, 1.54) is 17.4 Å². The molecular formula is C16H18BF3S. The Hall–Kier alpha value is -0.965. The number of fused-ring (bicyclic) bond motifs is 1. The molecule has 0 spiro atoms. The van der Waals surface area contributed by atoms with Gasteiger partial charge >= 0.3 is 6.18 Å². The van der Waals surface area contributed by atoms with Crippen molar-refractivity contribution in [2.45, 2.75) is 51.0 Å². The Morgan fingerprint density at radius 1 is 1.19 bits per heavy atom. The van der Waals surface area contributed by atoms with E-state index in [2.05, 4.69) is 6.92 Å². The first-order valence-corrected chi connectivity index (χ1v) is 8.08. The molecule has 0 amide bonds. The molecule has 0 fully saturated rings. The van der Waals surface area contributed by atoms with E-state index in [-0.39, 0.29) is 0 Å². The molecule has 112 valence electrons. The lowest BCUT2D eigenvalue weighted by Gasteiger charge is -2.13. The van der Waals surface area contributed by atoms with Crippen molar-refractivity contribution in [1.82, 2.24) is 0 Å². The van der Waals surface area contributed by atoms with E-state index < -0.39 is 11.7 Å². The summed E-state index contributed by atoms with van der Waals surface area (Å²) in [5.74, 6) is 0.363. The first-order chi connectivity index (χ1) is 9.95. The smallest absolute Gasteiger partial charge is 0.166 e. The van der Waals surface area contributed by atoms with Crippen molar-refractivity contribution in [2.75, 3.05) is 0 Å². The van der Waals surface area contributed by atoms with Crippen molar-refractivity contribution >= 4 is 29.3 Å². The Morgan fingerprint density at radius 3 is 2.57 bits per heavy atom. The van der Waals surface area contributed by atoms with Crippen LogP contribution in [-0.4, -0.2) is 7.85 Å². The number of unbranched alkanes of at least 4 members (excludes halogenated alkanes) is 1. The summed E-state index contributed by atoms with van der Waals surface area (Å²) in [5.41, 5.74) is -0.577. The summed E-state index contributed by atoms with van der Waals surface area (Å²) in [7, 11) is 5.67. The molecule has 0 aliphatic heterocycles. The average Bonchev–Trinajstić information content (AvgIpc) is 2.85. The molecule has 2 radical (unpaired) electrons. The highest BCUT2D eigenvalue weighted by Crippen LogP contribution is 2.38. The Bertz CT molecular complexity index is 589. The van der Waals surface area contributed by atoms with Crippen LogP contribution in [0.1, 0.15) is 49.0 Å². The summed E-state index contributed by atoms with van der Waals surface area (Å²) in [4.78, 5) is 1.16. The summed E-state index contributed by atoms with van der Waals surface area (Å²) < 4.78 is 39.0. The zero-order valence-electron chi connectivity index (χ0n) is 12.0. The lowest BCUT2D eigenvalue weighted by molar-refractivity contribution is -0.137. The number of hydrogen-bond acceptors (Lipinski definition) is 1. The van der Waals surface area contributed by atoms with Gasteiger partial charge in [0.1, 0.15) is 0 Å². The van der Waals surface area contributed by atoms with Gasteiger partial charge in [-0.15, -0.1) is 11.3 Å². The van der Waals surface area contributed by atoms with E-state index in [9.17, 15) is 13.2 Å². The Kier molecular flexibility index (Phi) is 5.36. The largest absolute Gasteiger partial charge is 0.416 e. The lowest BCUT2D eigenvalue weighted by Crippen LogP contribution is -2.03. The monoisotopic (exact) mass is 310 g/mol. The van der Waals surface area contributed by atoms with E-state index in [1.807, 2.05) is 6.07 Å². The molecule has 0 aliphatic rings. The maximum Gasteiger partial charge on any atom is 0.416 e. The summed E-state index contributed by atoms with van der Waals surface area (Å²) >= 11 is 1.47. The highest BCUT2D eigenvalue weighted by atomic mass is 32.1. The van der Waals surface area contributed by atoms with Crippen LogP contribution in [0.5, 0.6) is 0 Å². The second-order valence-corrected chi connectivity index (χ2v) is 6.43. The third kappa shape index (κ3) is 4.03. The lowest BCUT2D eigenvalue weighted by atomic mass is 9.89. The molecular weight excluding hydrogens is 292 g/mol. The van der Waals surface area contributed by atoms with Gasteiger partial charge in [-0.25, -0.2) is 0 Å². The van der Waals surface area contributed by atoms with Crippen LogP contribution >= 0.6 is 11.3 Å². The number of halogens is 3. The molecule has 2 aromatic rings. The topological polar surface area (TPSA) is 0 Å². The van der Waals surface area contributed by atoms with Crippen LogP contribution < -0.4 is 0 Å². The third-order valence-electron chi connectivity index (χ3n) is 3.69. The second-order valence-electron chi connectivity index (χ2n) is 5.32. The Morgan fingerprint density at radius 2 is 1.95 bits per heavy atom. The number of hydrogen-bond donors (Lipinski definition) is 0. The second kappa shape index (κ2) is 6.86. The number of alkyl halides is 3. The van der Waals surface area contributed by atoms with Gasteiger partial charge in [0, 0.05) is 9.58 Å². The zero-order valence-corrected chi connectivity index (χ0v) is 12.9. The summed E-state index contributed by atoms with van der Waals surface area (Å²) in [6.45, 7) is 2.14. The van der Waals surface area contributed by atoms with E-state index in [0.29, 0.717) is 16.9 Å². The van der Waals surface area contributed by atoms with Crippen LogP contribution in [-0.2, 0) is 6.18 Å². The van der Waals surface area contributed by atoms with E-state index in [0.717, 1.165) is 42.0 Å². The van der Waals surface area contributed by atoms with E-state index >= 15 is 0 Å². The van der Waals surface area contributed by atoms with Gasteiger partial charge in [-0.1, -0.05) is 38.6 Å². The van der Waals surface area contributed by atoms with Crippen LogP contribution in [0.25, 0.3) is 10.1 Å². The standard InChI is InChI=1S/C16H18BF3S/c1-2-3-4-11(7-8-17)14-9-12-5-6-13(16(18,19)20)10-15(12)21-14/h5-6,9-11H,2-4,7-8H2,1H3. The third-order valence-corrected chi connectivity index (χ3v) is 4.95. The number of thiophene rings is 1. The maximum atomic E-state index is 12.8. The molecule has 21 heavy (non-hydrogen) atoms. The normalized spacial score (nSPS) is 13.7. The minimum Gasteiger partial charge on any atom is -0.166 e. The quantitative estimate of drug-likeness (QED) is 0.560. The van der Waals surface area contributed by atoms with Gasteiger partial charge < -0.3 is 0 Å². The molecule has 0 saturated carbocycles. The molecule has 0 nitrogen and oxygen atoms in total. The molecule has 0 aliphatic carbocycles. The number of rotatable bonds is 6. The molecule has 1 heterocycles. The Labute approximate surface area is 128 Å². The molecule has 0 saturated heterocycles. The van der Waals surface area contributed by atoms with Crippen molar-refractivity contribution < 1.29 is 13.2 Å². The fourth-order valence-electron chi connectivity index (χ4n) is 2.51. The van der Waals surface area contributed by atoms with Crippen molar-refractivity contribution in [3.63, 3.8) is 0 Å². The average molecular weight is 310 g/mol. The van der Waals surface area contributed by atoms with Crippen LogP contribution in [0.3, 0.4) is 0 Å². The van der Waals surface area contributed by atoms with Crippen LogP contribution in [0.2, 0.25) is 6.32 Å². The Balaban J connectivity index is 2.32. The predicted molar refractivity (Wildman–Crippen MR) is 84.3 cm³/mol. The zero-order chi connectivity index (χ0) is 15.5. The van der Waals surface area contributed by atoms with Crippen molar-refractivity contribution in [3.05, 3.63) is 34.7 Å². The molecule has 1 atom stereocenters. The van der Waals surface area contributed by atoms with Crippen LogP contribution in [0.15, 0.2) is 24.3 Å². The van der Waals surface area contributed by atoms with E-state index in [4.69, 9.17) is 7.85 Å².